The van der Waals surface area contributed by atoms with E-state index in [-0.39, 0.29) is 6.61 Å². The van der Waals surface area contributed by atoms with Crippen molar-refractivity contribution in [1.82, 2.24) is 4.90 Å². The molecule has 98 valence electrons. The highest BCUT2D eigenvalue weighted by atomic mass is 32.1. The van der Waals surface area contributed by atoms with Gasteiger partial charge in [0.15, 0.2) is 0 Å². The number of hydrogen-bond donors (Lipinski definition) is 2. The Morgan fingerprint density at radius 1 is 1.50 bits per heavy atom. The van der Waals surface area contributed by atoms with Crippen LogP contribution in [0.15, 0.2) is 12.1 Å². The van der Waals surface area contributed by atoms with Crippen LogP contribution in [-0.4, -0.2) is 40.4 Å². The van der Waals surface area contributed by atoms with Crippen LogP contribution in [0.2, 0.25) is 0 Å². The largest absolute Gasteiger partial charge is 0.395 e. The fourth-order valence-corrected chi connectivity index (χ4v) is 3.05. The summed E-state index contributed by atoms with van der Waals surface area (Å²) in [6, 6.07) is 4.12. The molecule has 18 heavy (non-hydrogen) atoms. The molecule has 1 fully saturated rings. The van der Waals surface area contributed by atoms with Crippen molar-refractivity contribution in [3.05, 3.63) is 21.9 Å². The lowest BCUT2D eigenvalue weighted by atomic mass is 10.1. The summed E-state index contributed by atoms with van der Waals surface area (Å²) >= 11 is 1.69. The molecule has 0 aliphatic carbocycles. The van der Waals surface area contributed by atoms with Gasteiger partial charge in [0.25, 0.3) is 0 Å². The van der Waals surface area contributed by atoms with Gasteiger partial charge in [0.2, 0.25) is 0 Å². The number of rotatable bonds is 3. The van der Waals surface area contributed by atoms with Crippen LogP contribution in [0.5, 0.6) is 0 Å². The van der Waals surface area contributed by atoms with E-state index in [0.717, 1.165) is 30.9 Å². The van der Waals surface area contributed by atoms with Crippen LogP contribution in [0.25, 0.3) is 0 Å². The van der Waals surface area contributed by atoms with Gasteiger partial charge in [0.1, 0.15) is 0 Å². The Morgan fingerprint density at radius 3 is 3.00 bits per heavy atom. The summed E-state index contributed by atoms with van der Waals surface area (Å²) in [5.41, 5.74) is -0.527. The highest BCUT2D eigenvalue weighted by molar-refractivity contribution is 7.12. The van der Waals surface area contributed by atoms with Crippen LogP contribution in [-0.2, 0) is 6.54 Å². The highest BCUT2D eigenvalue weighted by Crippen LogP contribution is 2.24. The monoisotopic (exact) mass is 265 g/mol. The van der Waals surface area contributed by atoms with E-state index in [9.17, 15) is 5.11 Å². The van der Waals surface area contributed by atoms with Crippen molar-refractivity contribution in [2.45, 2.75) is 31.9 Å². The van der Waals surface area contributed by atoms with Crippen LogP contribution >= 0.6 is 11.3 Å². The smallest absolute Gasteiger partial charge is 0.0771 e. The molecule has 2 rings (SSSR count). The summed E-state index contributed by atoms with van der Waals surface area (Å²) in [4.78, 5) is 4.60. The van der Waals surface area contributed by atoms with E-state index >= 15 is 0 Å². The number of likely N-dealkylation sites (tertiary alicyclic amines) is 1. The molecule has 1 aromatic rings. The topological polar surface area (TPSA) is 43.7 Å². The van der Waals surface area contributed by atoms with Crippen molar-refractivity contribution in [3.63, 3.8) is 0 Å². The normalized spacial score (nSPS) is 23.9. The third-order valence-corrected chi connectivity index (χ3v) is 4.01. The minimum atomic E-state index is -0.527. The van der Waals surface area contributed by atoms with Crippen molar-refractivity contribution >= 4 is 11.3 Å². The van der Waals surface area contributed by atoms with Crippen molar-refractivity contribution < 1.29 is 10.2 Å². The molecule has 1 saturated heterocycles. The van der Waals surface area contributed by atoms with Crippen LogP contribution < -0.4 is 0 Å². The minimum Gasteiger partial charge on any atom is -0.395 e. The molecule has 1 atom stereocenters. The zero-order valence-electron chi connectivity index (χ0n) is 10.6. The van der Waals surface area contributed by atoms with Crippen LogP contribution in [0.3, 0.4) is 0 Å². The Hall–Kier alpha value is -0.860. The molecule has 1 aliphatic heterocycles. The first-order valence-corrected chi connectivity index (χ1v) is 7.04. The Kier molecular flexibility index (Phi) is 4.41. The Morgan fingerprint density at radius 2 is 2.33 bits per heavy atom. The van der Waals surface area contributed by atoms with Gasteiger partial charge in [-0.1, -0.05) is 11.8 Å². The summed E-state index contributed by atoms with van der Waals surface area (Å²) in [5.74, 6) is 5.98. The zero-order valence-corrected chi connectivity index (χ0v) is 11.5. The Balaban J connectivity index is 1.90. The SMILES string of the molecule is CC1(O)CCN(Cc2ccc(C#CCCO)s2)C1. The molecule has 0 spiro atoms. The molecule has 0 amide bonds. The van der Waals surface area contributed by atoms with Gasteiger partial charge >= 0.3 is 0 Å². The average Bonchev–Trinajstić information content (AvgIpc) is 2.87. The van der Waals surface area contributed by atoms with E-state index in [1.807, 2.05) is 13.0 Å². The van der Waals surface area contributed by atoms with Gasteiger partial charge < -0.3 is 10.2 Å². The van der Waals surface area contributed by atoms with E-state index < -0.39 is 5.60 Å². The van der Waals surface area contributed by atoms with Gasteiger partial charge in [-0.3, -0.25) is 4.90 Å². The molecule has 1 aromatic heterocycles. The van der Waals surface area contributed by atoms with Gasteiger partial charge in [0.05, 0.1) is 17.1 Å². The first kappa shape index (κ1) is 13.6. The highest BCUT2D eigenvalue weighted by Gasteiger charge is 2.31. The van der Waals surface area contributed by atoms with Crippen LogP contribution in [0.1, 0.15) is 29.5 Å². The lowest BCUT2D eigenvalue weighted by Crippen LogP contribution is -2.29. The third-order valence-electron chi connectivity index (χ3n) is 3.02. The predicted molar refractivity (Wildman–Crippen MR) is 73.4 cm³/mol. The molecule has 0 radical (unpaired) electrons. The van der Waals surface area contributed by atoms with Crippen molar-refractivity contribution in [3.8, 4) is 11.8 Å². The van der Waals surface area contributed by atoms with Gasteiger partial charge in [-0.05, 0) is 25.5 Å². The molecule has 1 unspecified atom stereocenters. The molecule has 3 nitrogen and oxygen atoms in total. The Bertz CT molecular complexity index is 456. The molecule has 0 saturated carbocycles. The first-order valence-electron chi connectivity index (χ1n) is 6.22. The van der Waals surface area contributed by atoms with Crippen LogP contribution in [0, 0.1) is 11.8 Å². The van der Waals surface area contributed by atoms with E-state index in [0.29, 0.717) is 6.42 Å². The first-order chi connectivity index (χ1) is 8.59. The maximum absolute atomic E-state index is 9.91. The molecular weight excluding hydrogens is 246 g/mol. The minimum absolute atomic E-state index is 0.119. The number of aliphatic hydroxyl groups is 2. The van der Waals surface area contributed by atoms with Crippen molar-refractivity contribution in [2.75, 3.05) is 19.7 Å². The average molecular weight is 265 g/mol. The quantitative estimate of drug-likeness (QED) is 0.813. The summed E-state index contributed by atoms with van der Waals surface area (Å²) in [6.07, 6.45) is 1.38. The number of aliphatic hydroxyl groups excluding tert-OH is 1. The summed E-state index contributed by atoms with van der Waals surface area (Å²) in [7, 11) is 0. The molecule has 0 aromatic carbocycles. The van der Waals surface area contributed by atoms with Gasteiger partial charge in [-0.15, -0.1) is 11.3 Å². The van der Waals surface area contributed by atoms with E-state index in [1.54, 1.807) is 11.3 Å². The van der Waals surface area contributed by atoms with E-state index in [2.05, 4.69) is 22.8 Å². The lowest BCUT2D eigenvalue weighted by Gasteiger charge is -2.17. The number of β-amino-alcohol motifs (C(OH)–C–C–N with tert-alkyl or cyclic N) is 1. The van der Waals surface area contributed by atoms with Gasteiger partial charge in [-0.2, -0.15) is 0 Å². The fraction of sp³-hybridized carbons (Fsp3) is 0.571. The number of thiophene rings is 1. The summed E-state index contributed by atoms with van der Waals surface area (Å²) < 4.78 is 0. The second-order valence-electron chi connectivity index (χ2n) is 5.00. The van der Waals surface area contributed by atoms with E-state index in [1.165, 1.54) is 4.88 Å². The molecule has 2 heterocycles. The zero-order chi connectivity index (χ0) is 13.0. The van der Waals surface area contributed by atoms with E-state index in [4.69, 9.17) is 5.11 Å². The van der Waals surface area contributed by atoms with Crippen molar-refractivity contribution in [2.24, 2.45) is 0 Å². The van der Waals surface area contributed by atoms with Crippen molar-refractivity contribution in [1.29, 1.82) is 0 Å². The van der Waals surface area contributed by atoms with Gasteiger partial charge in [-0.25, -0.2) is 0 Å². The molecule has 2 N–H and O–H groups in total. The second-order valence-corrected chi connectivity index (χ2v) is 6.17. The maximum Gasteiger partial charge on any atom is 0.0771 e. The third kappa shape index (κ3) is 3.82. The molecular formula is C14H19NO2S. The molecule has 1 aliphatic rings. The maximum atomic E-state index is 9.91. The second kappa shape index (κ2) is 5.85. The standard InChI is InChI=1S/C14H19NO2S/c1-14(17)7-8-15(11-14)10-13-6-5-12(18-13)4-2-3-9-16/h5-6,16-17H,3,7-11H2,1H3. The predicted octanol–water partition coefficient (Wildman–Crippen LogP) is 1.44. The number of hydrogen-bond acceptors (Lipinski definition) is 4. The molecule has 4 heteroatoms. The number of nitrogens with zero attached hydrogens (tertiary/aromatic N) is 1. The van der Waals surface area contributed by atoms with Crippen LogP contribution in [0.4, 0.5) is 0 Å². The fourth-order valence-electron chi connectivity index (χ4n) is 2.13. The molecule has 0 bridgehead atoms. The lowest BCUT2D eigenvalue weighted by molar-refractivity contribution is 0.0680. The Labute approximate surface area is 112 Å². The summed E-state index contributed by atoms with van der Waals surface area (Å²) in [5, 5.41) is 18.6. The van der Waals surface area contributed by atoms with Gasteiger partial charge in [0, 0.05) is 30.9 Å². The summed E-state index contributed by atoms with van der Waals surface area (Å²) in [6.45, 7) is 4.61.